The highest BCUT2D eigenvalue weighted by atomic mass is 35.5. The molecule has 0 aliphatic carbocycles. The van der Waals surface area contributed by atoms with E-state index in [4.69, 9.17) is 11.8 Å². The molecule has 0 amide bonds. The molecule has 4 heteroatoms. The molecular weight excluding hydrogens is 176 g/mol. The first kappa shape index (κ1) is 9.96. The Balaban J connectivity index is 2.95. The summed E-state index contributed by atoms with van der Waals surface area (Å²) in [5.74, 6) is 0. The fraction of sp³-hybridized carbons (Fsp3) is 0.875. The second-order valence-corrected chi connectivity index (χ2v) is 4.59. The third-order valence-corrected chi connectivity index (χ3v) is 3.26. The summed E-state index contributed by atoms with van der Waals surface area (Å²) in [7, 11) is 0. The smallest absolute Gasteiger partial charge is 0.138 e. The number of aldehydes is 1. The number of hydrogen-bond donors (Lipinski definition) is 1. The van der Waals surface area contributed by atoms with Crippen LogP contribution in [-0.4, -0.2) is 27.9 Å². The molecule has 0 spiro atoms. The maximum Gasteiger partial charge on any atom is 0.138 e. The van der Waals surface area contributed by atoms with Gasteiger partial charge in [0.2, 0.25) is 0 Å². The number of nitrogens with one attached hydrogen (secondary N) is 1. The average Bonchev–Trinajstić information content (AvgIpc) is 2.11. The summed E-state index contributed by atoms with van der Waals surface area (Å²) in [5, 5.41) is 3.15. The van der Waals surface area contributed by atoms with Gasteiger partial charge in [-0.05, 0) is 39.5 Å². The van der Waals surface area contributed by atoms with E-state index in [1.807, 2.05) is 27.7 Å². The Morgan fingerprint density at radius 3 is 2.08 bits per heavy atom. The van der Waals surface area contributed by atoms with Crippen LogP contribution < -0.4 is 5.32 Å². The molecule has 0 radical (unpaired) electrons. The van der Waals surface area contributed by atoms with Gasteiger partial charge in [0.15, 0.2) is 0 Å². The number of rotatable bonds is 1. The highest BCUT2D eigenvalue weighted by Gasteiger charge is 2.50. The Morgan fingerprint density at radius 2 is 1.92 bits per heavy atom. The SMILES string of the molecule is CC1(C)NC(C=O)C(C)(C)N1Cl. The van der Waals surface area contributed by atoms with E-state index in [9.17, 15) is 4.79 Å². The molecule has 1 heterocycles. The molecule has 1 aliphatic rings. The molecular formula is C8H15ClN2O. The zero-order chi connectivity index (χ0) is 9.57. The summed E-state index contributed by atoms with van der Waals surface area (Å²) in [6.45, 7) is 7.79. The van der Waals surface area contributed by atoms with Gasteiger partial charge in [-0.3, -0.25) is 5.32 Å². The lowest BCUT2D eigenvalue weighted by atomic mass is 9.98. The summed E-state index contributed by atoms with van der Waals surface area (Å²) >= 11 is 6.08. The molecule has 1 rings (SSSR count). The van der Waals surface area contributed by atoms with Crippen molar-refractivity contribution in [1.82, 2.24) is 9.74 Å². The van der Waals surface area contributed by atoms with Crippen LogP contribution in [0.15, 0.2) is 0 Å². The van der Waals surface area contributed by atoms with Crippen LogP contribution in [-0.2, 0) is 4.79 Å². The summed E-state index contributed by atoms with van der Waals surface area (Å²) in [6, 6.07) is -0.204. The van der Waals surface area contributed by atoms with E-state index in [1.54, 1.807) is 4.42 Å². The van der Waals surface area contributed by atoms with Crippen LogP contribution in [0.3, 0.4) is 0 Å². The van der Waals surface area contributed by atoms with E-state index in [0.29, 0.717) is 0 Å². The summed E-state index contributed by atoms with van der Waals surface area (Å²) in [4.78, 5) is 10.7. The van der Waals surface area contributed by atoms with Gasteiger partial charge in [0.1, 0.15) is 6.29 Å². The van der Waals surface area contributed by atoms with Crippen LogP contribution in [0.4, 0.5) is 0 Å². The van der Waals surface area contributed by atoms with Crippen LogP contribution in [0.2, 0.25) is 0 Å². The van der Waals surface area contributed by atoms with E-state index in [1.165, 1.54) is 0 Å². The second-order valence-electron chi connectivity index (χ2n) is 4.25. The molecule has 0 aromatic heterocycles. The topological polar surface area (TPSA) is 32.3 Å². The quantitative estimate of drug-likeness (QED) is 0.497. The molecule has 1 N–H and O–H groups in total. The first-order chi connectivity index (χ1) is 5.32. The van der Waals surface area contributed by atoms with Gasteiger partial charge < -0.3 is 4.79 Å². The number of carbonyl (C=O) groups excluding carboxylic acids is 1. The van der Waals surface area contributed by atoms with Crippen LogP contribution >= 0.6 is 11.8 Å². The van der Waals surface area contributed by atoms with Crippen molar-refractivity contribution in [3.8, 4) is 0 Å². The van der Waals surface area contributed by atoms with Crippen molar-refractivity contribution in [3.05, 3.63) is 0 Å². The van der Waals surface area contributed by atoms with Gasteiger partial charge in [0.05, 0.1) is 17.2 Å². The summed E-state index contributed by atoms with van der Waals surface area (Å²) < 4.78 is 1.67. The third-order valence-electron chi connectivity index (χ3n) is 2.40. The van der Waals surface area contributed by atoms with Gasteiger partial charge in [-0.15, -0.1) is 0 Å². The predicted molar refractivity (Wildman–Crippen MR) is 48.8 cm³/mol. The van der Waals surface area contributed by atoms with Gasteiger partial charge in [0.25, 0.3) is 0 Å². The van der Waals surface area contributed by atoms with E-state index in [-0.39, 0.29) is 17.2 Å². The number of halogens is 1. The summed E-state index contributed by atoms with van der Waals surface area (Å²) in [5.41, 5.74) is -0.649. The first-order valence-corrected chi connectivity index (χ1v) is 4.35. The molecule has 1 fully saturated rings. The highest BCUT2D eigenvalue weighted by molar-refractivity contribution is 6.14. The maximum absolute atomic E-state index is 10.7. The Hall–Kier alpha value is -0.120. The highest BCUT2D eigenvalue weighted by Crippen LogP contribution is 2.35. The zero-order valence-electron chi connectivity index (χ0n) is 7.89. The van der Waals surface area contributed by atoms with Crippen molar-refractivity contribution >= 4 is 18.1 Å². The standard InChI is InChI=1S/C8H15ClN2O/c1-7(2)6(5-12)10-8(3,4)11(7)9/h5-6,10H,1-4H3. The molecule has 0 bridgehead atoms. The minimum Gasteiger partial charge on any atom is -0.302 e. The minimum absolute atomic E-state index is 0.204. The van der Waals surface area contributed by atoms with Crippen molar-refractivity contribution in [2.45, 2.75) is 44.9 Å². The lowest BCUT2D eigenvalue weighted by Gasteiger charge is -2.32. The van der Waals surface area contributed by atoms with Crippen LogP contribution in [0, 0.1) is 0 Å². The largest absolute Gasteiger partial charge is 0.302 e. The van der Waals surface area contributed by atoms with Crippen molar-refractivity contribution < 1.29 is 4.79 Å². The Labute approximate surface area is 78.2 Å². The lowest BCUT2D eigenvalue weighted by Crippen LogP contribution is -2.45. The van der Waals surface area contributed by atoms with Gasteiger partial charge in [-0.2, -0.15) is 4.42 Å². The van der Waals surface area contributed by atoms with E-state index < -0.39 is 0 Å². The fourth-order valence-corrected chi connectivity index (χ4v) is 1.81. The van der Waals surface area contributed by atoms with Crippen molar-refractivity contribution in [3.63, 3.8) is 0 Å². The fourth-order valence-electron chi connectivity index (χ4n) is 1.66. The van der Waals surface area contributed by atoms with Crippen LogP contribution in [0.5, 0.6) is 0 Å². The van der Waals surface area contributed by atoms with Crippen molar-refractivity contribution in [1.29, 1.82) is 0 Å². The molecule has 3 nitrogen and oxygen atoms in total. The minimum atomic E-state index is -0.327. The molecule has 1 atom stereocenters. The number of nitrogens with zero attached hydrogens (tertiary/aromatic N) is 1. The molecule has 70 valence electrons. The Kier molecular flexibility index (Phi) is 2.23. The van der Waals surface area contributed by atoms with Gasteiger partial charge in [-0.25, -0.2) is 0 Å². The molecule has 1 saturated heterocycles. The predicted octanol–water partition coefficient (Wildman–Crippen LogP) is 1.13. The van der Waals surface area contributed by atoms with E-state index >= 15 is 0 Å². The third kappa shape index (κ3) is 1.26. The molecule has 0 saturated carbocycles. The molecule has 12 heavy (non-hydrogen) atoms. The van der Waals surface area contributed by atoms with Crippen LogP contribution in [0.1, 0.15) is 27.7 Å². The van der Waals surface area contributed by atoms with Gasteiger partial charge >= 0.3 is 0 Å². The van der Waals surface area contributed by atoms with Crippen LogP contribution in [0.25, 0.3) is 0 Å². The molecule has 1 unspecified atom stereocenters. The Bertz CT molecular complexity index is 203. The first-order valence-electron chi connectivity index (χ1n) is 4.01. The Morgan fingerprint density at radius 1 is 1.42 bits per heavy atom. The zero-order valence-corrected chi connectivity index (χ0v) is 8.64. The van der Waals surface area contributed by atoms with Crippen molar-refractivity contribution in [2.24, 2.45) is 0 Å². The maximum atomic E-state index is 10.7. The number of carbonyl (C=O) groups is 1. The normalized spacial score (nSPS) is 33.6. The van der Waals surface area contributed by atoms with E-state index in [0.717, 1.165) is 6.29 Å². The monoisotopic (exact) mass is 190 g/mol. The van der Waals surface area contributed by atoms with E-state index in [2.05, 4.69) is 5.32 Å². The lowest BCUT2D eigenvalue weighted by molar-refractivity contribution is -0.110. The molecule has 0 aromatic rings. The van der Waals surface area contributed by atoms with Crippen molar-refractivity contribution in [2.75, 3.05) is 0 Å². The molecule has 0 aromatic carbocycles. The average molecular weight is 191 g/mol. The number of hydrogen-bond acceptors (Lipinski definition) is 3. The molecule has 1 aliphatic heterocycles. The summed E-state index contributed by atoms with van der Waals surface area (Å²) in [6.07, 6.45) is 0.907. The van der Waals surface area contributed by atoms with Gasteiger partial charge in [0, 0.05) is 0 Å². The van der Waals surface area contributed by atoms with Gasteiger partial charge in [-0.1, -0.05) is 0 Å². The second kappa shape index (κ2) is 2.69.